The Morgan fingerprint density at radius 3 is 2.94 bits per heavy atom. The number of ether oxygens (including phenoxy) is 1. The molecule has 0 unspecified atom stereocenters. The van der Waals surface area contributed by atoms with E-state index in [2.05, 4.69) is 5.10 Å². The molecule has 2 aromatic rings. The number of nitrogen functional groups attached to an aromatic ring is 1. The summed E-state index contributed by atoms with van der Waals surface area (Å²) in [5.74, 6) is 0.115. The molecule has 0 saturated carbocycles. The number of anilines is 1. The second-order valence-corrected chi connectivity index (χ2v) is 3.68. The number of rotatable bonds is 4. The van der Waals surface area contributed by atoms with Gasteiger partial charge in [-0.3, -0.25) is 4.68 Å². The molecular formula is C12H14FN3O. The predicted molar refractivity (Wildman–Crippen MR) is 63.0 cm³/mol. The maximum absolute atomic E-state index is 12.8. The van der Waals surface area contributed by atoms with E-state index in [-0.39, 0.29) is 5.82 Å². The Balaban J connectivity index is 2.02. The largest absolute Gasteiger partial charge is 0.487 e. The summed E-state index contributed by atoms with van der Waals surface area (Å²) in [7, 11) is 0. The Morgan fingerprint density at radius 2 is 2.29 bits per heavy atom. The van der Waals surface area contributed by atoms with E-state index in [4.69, 9.17) is 10.5 Å². The lowest BCUT2D eigenvalue weighted by Crippen LogP contribution is -1.98. The Morgan fingerprint density at radius 1 is 1.47 bits per heavy atom. The van der Waals surface area contributed by atoms with Crippen molar-refractivity contribution in [2.45, 2.75) is 20.1 Å². The summed E-state index contributed by atoms with van der Waals surface area (Å²) in [5, 5.41) is 4.13. The average Bonchev–Trinajstić information content (AvgIpc) is 2.76. The minimum atomic E-state index is -0.367. The van der Waals surface area contributed by atoms with Crippen LogP contribution in [0.4, 0.5) is 10.1 Å². The highest BCUT2D eigenvalue weighted by Crippen LogP contribution is 2.22. The van der Waals surface area contributed by atoms with Crippen LogP contribution in [0.25, 0.3) is 0 Å². The maximum atomic E-state index is 12.8. The summed E-state index contributed by atoms with van der Waals surface area (Å²) >= 11 is 0. The van der Waals surface area contributed by atoms with Crippen LogP contribution >= 0.6 is 0 Å². The van der Waals surface area contributed by atoms with Crippen molar-refractivity contribution in [3.05, 3.63) is 42.0 Å². The number of aromatic nitrogens is 2. The van der Waals surface area contributed by atoms with Crippen molar-refractivity contribution in [1.82, 2.24) is 9.78 Å². The zero-order chi connectivity index (χ0) is 12.3. The van der Waals surface area contributed by atoms with Crippen molar-refractivity contribution in [3.8, 4) is 5.75 Å². The van der Waals surface area contributed by atoms with E-state index in [1.165, 1.54) is 18.2 Å². The summed E-state index contributed by atoms with van der Waals surface area (Å²) in [4.78, 5) is 0. The summed E-state index contributed by atoms with van der Waals surface area (Å²) < 4.78 is 20.1. The van der Waals surface area contributed by atoms with E-state index in [1.807, 2.05) is 17.8 Å². The first-order valence-corrected chi connectivity index (χ1v) is 5.38. The second-order valence-electron chi connectivity index (χ2n) is 3.68. The summed E-state index contributed by atoms with van der Waals surface area (Å²) in [6.45, 7) is 3.20. The van der Waals surface area contributed by atoms with Gasteiger partial charge in [0, 0.05) is 24.4 Å². The number of hydrogen-bond donors (Lipinski definition) is 1. The zero-order valence-corrected chi connectivity index (χ0v) is 9.56. The predicted octanol–water partition coefficient (Wildman–Crippen LogP) is 2.20. The SMILES string of the molecule is CCn1cc(COc2ccc(F)cc2N)cn1. The quantitative estimate of drug-likeness (QED) is 0.826. The first kappa shape index (κ1) is 11.4. The molecule has 17 heavy (non-hydrogen) atoms. The highest BCUT2D eigenvalue weighted by Gasteiger charge is 2.03. The molecule has 90 valence electrons. The van der Waals surface area contributed by atoms with E-state index < -0.39 is 0 Å². The number of hydrogen-bond acceptors (Lipinski definition) is 3. The van der Waals surface area contributed by atoms with Gasteiger partial charge in [0.15, 0.2) is 0 Å². The first-order chi connectivity index (χ1) is 8.19. The highest BCUT2D eigenvalue weighted by molar-refractivity contribution is 5.52. The van der Waals surface area contributed by atoms with Crippen molar-refractivity contribution in [2.75, 3.05) is 5.73 Å². The number of nitrogens with two attached hydrogens (primary N) is 1. The molecule has 0 radical (unpaired) electrons. The molecule has 1 aromatic heterocycles. The van der Waals surface area contributed by atoms with Crippen LogP contribution in [0.15, 0.2) is 30.6 Å². The molecule has 0 saturated heterocycles. The van der Waals surface area contributed by atoms with Gasteiger partial charge in [0.25, 0.3) is 0 Å². The number of nitrogens with zero attached hydrogens (tertiary/aromatic N) is 2. The molecule has 2 N–H and O–H groups in total. The molecule has 0 aliphatic carbocycles. The van der Waals surface area contributed by atoms with E-state index in [9.17, 15) is 4.39 Å². The molecule has 0 aliphatic heterocycles. The minimum absolute atomic E-state index is 0.299. The smallest absolute Gasteiger partial charge is 0.142 e. The van der Waals surface area contributed by atoms with Gasteiger partial charge in [0.05, 0.1) is 11.9 Å². The Kier molecular flexibility index (Phi) is 3.27. The number of aryl methyl sites for hydroxylation is 1. The maximum Gasteiger partial charge on any atom is 0.142 e. The van der Waals surface area contributed by atoms with E-state index in [0.29, 0.717) is 18.0 Å². The molecule has 0 aliphatic rings. The van der Waals surface area contributed by atoms with Crippen LogP contribution in [0.3, 0.4) is 0 Å². The van der Waals surface area contributed by atoms with Gasteiger partial charge in [0.1, 0.15) is 18.2 Å². The fourth-order valence-corrected chi connectivity index (χ4v) is 1.47. The normalized spacial score (nSPS) is 10.5. The van der Waals surface area contributed by atoms with Crippen LogP contribution in [-0.4, -0.2) is 9.78 Å². The lowest BCUT2D eigenvalue weighted by molar-refractivity contribution is 0.307. The number of halogens is 1. The second kappa shape index (κ2) is 4.86. The van der Waals surface area contributed by atoms with Crippen LogP contribution in [0.5, 0.6) is 5.75 Å². The molecule has 1 heterocycles. The molecule has 1 aromatic carbocycles. The lowest BCUT2D eigenvalue weighted by Gasteiger charge is -2.07. The highest BCUT2D eigenvalue weighted by atomic mass is 19.1. The lowest BCUT2D eigenvalue weighted by atomic mass is 10.3. The minimum Gasteiger partial charge on any atom is -0.487 e. The first-order valence-electron chi connectivity index (χ1n) is 5.38. The molecule has 0 spiro atoms. The molecule has 0 atom stereocenters. The van der Waals surface area contributed by atoms with E-state index >= 15 is 0 Å². The van der Waals surface area contributed by atoms with Gasteiger partial charge in [-0.25, -0.2) is 4.39 Å². The third kappa shape index (κ3) is 2.75. The van der Waals surface area contributed by atoms with E-state index in [1.54, 1.807) is 6.20 Å². The van der Waals surface area contributed by atoms with Gasteiger partial charge in [-0.05, 0) is 19.1 Å². The van der Waals surface area contributed by atoms with Crippen LogP contribution < -0.4 is 10.5 Å². The summed E-state index contributed by atoms with van der Waals surface area (Å²) in [5.41, 5.74) is 6.88. The van der Waals surface area contributed by atoms with Crippen molar-refractivity contribution in [1.29, 1.82) is 0 Å². The standard InChI is InChI=1S/C12H14FN3O/c1-2-16-7-9(6-15-16)8-17-12-4-3-10(13)5-11(12)14/h3-7H,2,8,14H2,1H3. The van der Waals surface area contributed by atoms with Gasteiger partial charge in [-0.2, -0.15) is 5.10 Å². The van der Waals surface area contributed by atoms with Crippen LogP contribution in [0, 0.1) is 5.82 Å². The van der Waals surface area contributed by atoms with E-state index in [0.717, 1.165) is 12.1 Å². The Bertz CT molecular complexity index is 510. The molecule has 0 fully saturated rings. The van der Waals surface area contributed by atoms with Crippen molar-refractivity contribution < 1.29 is 9.13 Å². The van der Waals surface area contributed by atoms with Crippen LogP contribution in [-0.2, 0) is 13.2 Å². The van der Waals surface area contributed by atoms with Gasteiger partial charge in [0.2, 0.25) is 0 Å². The third-order valence-corrected chi connectivity index (χ3v) is 2.38. The fraction of sp³-hybridized carbons (Fsp3) is 0.250. The Hall–Kier alpha value is -2.04. The third-order valence-electron chi connectivity index (χ3n) is 2.38. The monoisotopic (exact) mass is 235 g/mol. The Labute approximate surface area is 98.8 Å². The summed E-state index contributed by atoms with van der Waals surface area (Å²) in [6, 6.07) is 4.08. The molecule has 5 heteroatoms. The van der Waals surface area contributed by atoms with Gasteiger partial charge < -0.3 is 10.5 Å². The number of benzene rings is 1. The molecule has 2 rings (SSSR count). The van der Waals surface area contributed by atoms with Crippen molar-refractivity contribution >= 4 is 5.69 Å². The van der Waals surface area contributed by atoms with Crippen LogP contribution in [0.1, 0.15) is 12.5 Å². The van der Waals surface area contributed by atoms with Crippen LogP contribution in [0.2, 0.25) is 0 Å². The molecule has 4 nitrogen and oxygen atoms in total. The summed E-state index contributed by atoms with van der Waals surface area (Å²) in [6.07, 6.45) is 3.64. The molecule has 0 amide bonds. The fourth-order valence-electron chi connectivity index (χ4n) is 1.47. The molecule has 0 bridgehead atoms. The van der Waals surface area contributed by atoms with Gasteiger partial charge >= 0.3 is 0 Å². The topological polar surface area (TPSA) is 53.1 Å². The zero-order valence-electron chi connectivity index (χ0n) is 9.56. The van der Waals surface area contributed by atoms with Gasteiger partial charge in [-0.1, -0.05) is 0 Å². The average molecular weight is 235 g/mol. The van der Waals surface area contributed by atoms with Gasteiger partial charge in [-0.15, -0.1) is 0 Å². The van der Waals surface area contributed by atoms with Crippen molar-refractivity contribution in [3.63, 3.8) is 0 Å². The molecular weight excluding hydrogens is 221 g/mol. The van der Waals surface area contributed by atoms with Crippen molar-refractivity contribution in [2.24, 2.45) is 0 Å².